The summed E-state index contributed by atoms with van der Waals surface area (Å²) in [6, 6.07) is 0. The average Bonchev–Trinajstić information content (AvgIpc) is 2.23. The molecule has 0 aromatic rings. The first-order chi connectivity index (χ1) is 7.60. The fourth-order valence-electron chi connectivity index (χ4n) is 2.56. The minimum absolute atomic E-state index is 0.450. The maximum Gasteiger partial charge on any atom is -0.0303 e. The molecule has 104 valence electrons. The van der Waals surface area contributed by atoms with Crippen molar-refractivity contribution in [3.63, 3.8) is 0 Å². The summed E-state index contributed by atoms with van der Waals surface area (Å²) in [6.45, 7) is 21.6. The quantitative estimate of drug-likeness (QED) is 0.511. The second-order valence-corrected chi connectivity index (χ2v) is 7.57. The lowest BCUT2D eigenvalue weighted by Crippen LogP contribution is -2.34. The first-order valence-corrected chi connectivity index (χ1v) is 7.60. The van der Waals surface area contributed by atoms with Gasteiger partial charge in [-0.25, -0.2) is 0 Å². The van der Waals surface area contributed by atoms with Gasteiger partial charge >= 0.3 is 0 Å². The van der Waals surface area contributed by atoms with Gasteiger partial charge in [0.05, 0.1) is 0 Å². The van der Waals surface area contributed by atoms with Gasteiger partial charge in [0.15, 0.2) is 0 Å². The molecule has 0 aromatic heterocycles. The second kappa shape index (κ2) is 6.81. The molecule has 0 aliphatic rings. The van der Waals surface area contributed by atoms with Gasteiger partial charge in [0.1, 0.15) is 0 Å². The van der Waals surface area contributed by atoms with Gasteiger partial charge in [-0.3, -0.25) is 0 Å². The number of hydrogen-bond donors (Lipinski definition) is 0. The normalized spacial score (nSPS) is 18.5. The molecule has 0 amide bonds. The zero-order valence-electron chi connectivity index (χ0n) is 13.8. The van der Waals surface area contributed by atoms with Crippen molar-refractivity contribution in [1.29, 1.82) is 0 Å². The highest BCUT2D eigenvalue weighted by molar-refractivity contribution is 4.83. The van der Waals surface area contributed by atoms with E-state index < -0.39 is 0 Å². The molecule has 0 heteroatoms. The van der Waals surface area contributed by atoms with Crippen LogP contribution in [0.5, 0.6) is 0 Å². The van der Waals surface area contributed by atoms with Crippen LogP contribution in [0.1, 0.15) is 75.2 Å². The second-order valence-electron chi connectivity index (χ2n) is 7.57. The van der Waals surface area contributed by atoms with E-state index >= 15 is 0 Å². The summed E-state index contributed by atoms with van der Waals surface area (Å²) in [6.07, 6.45) is 2.76. The lowest BCUT2D eigenvalue weighted by molar-refractivity contribution is 0.0773. The van der Waals surface area contributed by atoms with Gasteiger partial charge in [-0.1, -0.05) is 75.2 Å². The third-order valence-corrected chi connectivity index (χ3v) is 5.55. The first kappa shape index (κ1) is 17.0. The lowest BCUT2D eigenvalue weighted by atomic mass is 9.64. The van der Waals surface area contributed by atoms with Gasteiger partial charge in [-0.15, -0.1) is 0 Å². The highest BCUT2D eigenvalue weighted by atomic mass is 14.4. The Morgan fingerprint density at radius 2 is 1.24 bits per heavy atom. The van der Waals surface area contributed by atoms with Crippen LogP contribution in [-0.2, 0) is 0 Å². The maximum atomic E-state index is 2.46. The van der Waals surface area contributed by atoms with E-state index in [4.69, 9.17) is 0 Å². The van der Waals surface area contributed by atoms with E-state index in [1.807, 2.05) is 0 Å². The van der Waals surface area contributed by atoms with Crippen LogP contribution in [0.4, 0.5) is 0 Å². The Kier molecular flexibility index (Phi) is 6.81. The summed E-state index contributed by atoms with van der Waals surface area (Å²) in [7, 11) is 0. The molecule has 0 nitrogen and oxygen atoms in total. The Bertz CT molecular complexity index is 200. The van der Waals surface area contributed by atoms with Gasteiger partial charge in [0.2, 0.25) is 0 Å². The van der Waals surface area contributed by atoms with E-state index in [0.29, 0.717) is 5.41 Å². The van der Waals surface area contributed by atoms with Crippen LogP contribution in [0, 0.1) is 35.0 Å². The Morgan fingerprint density at radius 1 is 0.765 bits per heavy atom. The molecule has 0 aliphatic carbocycles. The molecule has 0 bridgehead atoms. The van der Waals surface area contributed by atoms with Gasteiger partial charge in [0.25, 0.3) is 0 Å². The third kappa shape index (κ3) is 5.02. The van der Waals surface area contributed by atoms with Crippen molar-refractivity contribution in [2.45, 2.75) is 75.2 Å². The van der Waals surface area contributed by atoms with Crippen LogP contribution in [0.2, 0.25) is 0 Å². The van der Waals surface area contributed by atoms with Crippen molar-refractivity contribution < 1.29 is 0 Å². The molecule has 0 N–H and O–H groups in total. The Balaban J connectivity index is 4.43. The van der Waals surface area contributed by atoms with E-state index in [9.17, 15) is 0 Å². The fraction of sp³-hybridized carbons (Fsp3) is 1.00. The van der Waals surface area contributed by atoms with Crippen molar-refractivity contribution >= 4 is 0 Å². The molecule has 3 atom stereocenters. The van der Waals surface area contributed by atoms with Crippen molar-refractivity contribution in [1.82, 2.24) is 0 Å². The monoisotopic (exact) mass is 240 g/mol. The molecule has 0 saturated carbocycles. The van der Waals surface area contributed by atoms with Crippen molar-refractivity contribution in [2.24, 2.45) is 35.0 Å². The molecule has 0 spiro atoms. The van der Waals surface area contributed by atoms with Gasteiger partial charge in [0, 0.05) is 0 Å². The Hall–Kier alpha value is 0. The standard InChI is InChI=1S/C17H36/c1-12(2)10-11-14(5)15(6)16(7)17(8,9)13(3)4/h12-16H,10-11H2,1-9H3. The van der Waals surface area contributed by atoms with Gasteiger partial charge < -0.3 is 0 Å². The Morgan fingerprint density at radius 3 is 1.59 bits per heavy atom. The molecular weight excluding hydrogens is 204 g/mol. The summed E-state index contributed by atoms with van der Waals surface area (Å²) >= 11 is 0. The van der Waals surface area contributed by atoms with Crippen molar-refractivity contribution in [3.8, 4) is 0 Å². The number of hydrogen-bond acceptors (Lipinski definition) is 0. The molecular formula is C17H36. The minimum Gasteiger partial charge on any atom is -0.0628 e. The molecule has 0 heterocycles. The summed E-state index contributed by atoms with van der Waals surface area (Å²) in [5, 5.41) is 0. The summed E-state index contributed by atoms with van der Waals surface area (Å²) < 4.78 is 0. The summed E-state index contributed by atoms with van der Waals surface area (Å²) in [4.78, 5) is 0. The predicted molar refractivity (Wildman–Crippen MR) is 80.2 cm³/mol. The summed E-state index contributed by atoms with van der Waals surface area (Å²) in [5.74, 6) is 4.08. The highest BCUT2D eigenvalue weighted by Gasteiger charge is 2.34. The molecule has 17 heavy (non-hydrogen) atoms. The first-order valence-electron chi connectivity index (χ1n) is 7.60. The fourth-order valence-corrected chi connectivity index (χ4v) is 2.56. The van der Waals surface area contributed by atoms with Crippen LogP contribution in [0.15, 0.2) is 0 Å². The maximum absolute atomic E-state index is 2.46. The molecule has 0 saturated heterocycles. The van der Waals surface area contributed by atoms with E-state index in [1.54, 1.807) is 0 Å². The Labute approximate surface area is 111 Å². The van der Waals surface area contributed by atoms with Crippen LogP contribution >= 0.6 is 0 Å². The molecule has 3 unspecified atom stereocenters. The van der Waals surface area contributed by atoms with Gasteiger partial charge in [-0.2, -0.15) is 0 Å². The van der Waals surface area contributed by atoms with Gasteiger partial charge in [-0.05, 0) is 35.0 Å². The molecule has 0 rings (SSSR count). The molecule has 0 aromatic carbocycles. The minimum atomic E-state index is 0.450. The van der Waals surface area contributed by atoms with E-state index in [0.717, 1.165) is 29.6 Å². The smallest absolute Gasteiger partial charge is 0.0303 e. The van der Waals surface area contributed by atoms with Crippen molar-refractivity contribution in [3.05, 3.63) is 0 Å². The van der Waals surface area contributed by atoms with Crippen LogP contribution in [0.25, 0.3) is 0 Å². The van der Waals surface area contributed by atoms with E-state index in [2.05, 4.69) is 62.3 Å². The highest BCUT2D eigenvalue weighted by Crippen LogP contribution is 2.42. The van der Waals surface area contributed by atoms with E-state index in [1.165, 1.54) is 12.8 Å². The van der Waals surface area contributed by atoms with E-state index in [-0.39, 0.29) is 0 Å². The van der Waals surface area contributed by atoms with Crippen LogP contribution < -0.4 is 0 Å². The molecule has 0 aliphatic heterocycles. The predicted octanol–water partition coefficient (Wildman–Crippen LogP) is 6.01. The average molecular weight is 240 g/mol. The third-order valence-electron chi connectivity index (χ3n) is 5.55. The zero-order chi connectivity index (χ0) is 13.8. The lowest BCUT2D eigenvalue weighted by Gasteiger charge is -2.41. The zero-order valence-corrected chi connectivity index (χ0v) is 13.8. The summed E-state index contributed by atoms with van der Waals surface area (Å²) in [5.41, 5.74) is 0.450. The molecule has 0 radical (unpaired) electrons. The van der Waals surface area contributed by atoms with Crippen LogP contribution in [-0.4, -0.2) is 0 Å². The van der Waals surface area contributed by atoms with Crippen LogP contribution in [0.3, 0.4) is 0 Å². The largest absolute Gasteiger partial charge is 0.0628 e. The molecule has 0 fully saturated rings. The van der Waals surface area contributed by atoms with Crippen molar-refractivity contribution in [2.75, 3.05) is 0 Å². The number of rotatable bonds is 7. The topological polar surface area (TPSA) is 0 Å². The SMILES string of the molecule is CC(C)CCC(C)C(C)C(C)C(C)(C)C(C)C.